The predicted molar refractivity (Wildman–Crippen MR) is 96.8 cm³/mol. The Morgan fingerprint density at radius 1 is 1.20 bits per heavy atom. The summed E-state index contributed by atoms with van der Waals surface area (Å²) in [7, 11) is 0. The highest BCUT2D eigenvalue weighted by Gasteiger charge is 2.42. The van der Waals surface area contributed by atoms with E-state index in [0.29, 0.717) is 23.6 Å². The first-order valence-corrected chi connectivity index (χ1v) is 9.37. The standard InChI is InChI=1S/C20H26N4O/c1-13-10-15(3)24(22-13)19-9-8-17(12-21-19)20(25)23-14(2)11-16-6-4-5-7-18(16)23/h8-10,12,14,16,18H,4-7,11H2,1-3H3. The summed E-state index contributed by atoms with van der Waals surface area (Å²) >= 11 is 0. The zero-order valence-electron chi connectivity index (χ0n) is 15.3. The third-order valence-corrected chi connectivity index (χ3v) is 5.80. The molecule has 1 amide bonds. The zero-order chi connectivity index (χ0) is 17.6. The molecule has 2 fully saturated rings. The van der Waals surface area contributed by atoms with Crippen molar-refractivity contribution in [1.82, 2.24) is 19.7 Å². The summed E-state index contributed by atoms with van der Waals surface area (Å²) in [6, 6.07) is 6.56. The Morgan fingerprint density at radius 2 is 2.00 bits per heavy atom. The van der Waals surface area contributed by atoms with E-state index in [1.54, 1.807) is 6.20 Å². The number of carbonyl (C=O) groups is 1. The van der Waals surface area contributed by atoms with Crippen molar-refractivity contribution in [2.45, 2.75) is 65.0 Å². The zero-order valence-corrected chi connectivity index (χ0v) is 15.3. The van der Waals surface area contributed by atoms with Crippen molar-refractivity contribution in [3.63, 3.8) is 0 Å². The molecule has 3 heterocycles. The number of carbonyl (C=O) groups excluding carboxylic acids is 1. The number of aryl methyl sites for hydroxylation is 2. The molecule has 0 radical (unpaired) electrons. The van der Waals surface area contributed by atoms with Crippen LogP contribution in [0, 0.1) is 19.8 Å². The van der Waals surface area contributed by atoms with Crippen LogP contribution in [0.1, 0.15) is 60.8 Å². The van der Waals surface area contributed by atoms with Crippen molar-refractivity contribution in [3.05, 3.63) is 41.3 Å². The van der Waals surface area contributed by atoms with Crippen molar-refractivity contribution >= 4 is 5.91 Å². The molecule has 0 aromatic carbocycles. The molecule has 1 aliphatic carbocycles. The van der Waals surface area contributed by atoms with Gasteiger partial charge in [-0.25, -0.2) is 9.67 Å². The SMILES string of the molecule is Cc1cc(C)n(-c2ccc(C(=O)N3C(C)CC4CCCCC43)cn2)n1. The number of amides is 1. The van der Waals surface area contributed by atoms with E-state index in [1.807, 2.05) is 36.7 Å². The molecule has 4 rings (SSSR count). The van der Waals surface area contributed by atoms with E-state index in [2.05, 4.69) is 21.9 Å². The third kappa shape index (κ3) is 2.86. The minimum atomic E-state index is 0.134. The lowest BCUT2D eigenvalue weighted by atomic mass is 9.85. The van der Waals surface area contributed by atoms with E-state index in [0.717, 1.165) is 30.0 Å². The Balaban J connectivity index is 1.57. The van der Waals surface area contributed by atoms with Gasteiger partial charge in [0.2, 0.25) is 0 Å². The number of hydrogen-bond acceptors (Lipinski definition) is 3. The Hall–Kier alpha value is -2.17. The molecule has 1 saturated heterocycles. The van der Waals surface area contributed by atoms with Gasteiger partial charge in [-0.15, -0.1) is 0 Å². The van der Waals surface area contributed by atoms with Crippen molar-refractivity contribution < 1.29 is 4.79 Å². The summed E-state index contributed by atoms with van der Waals surface area (Å²) in [5.74, 6) is 1.58. The first-order valence-electron chi connectivity index (χ1n) is 9.37. The van der Waals surface area contributed by atoms with E-state index >= 15 is 0 Å². The maximum atomic E-state index is 13.1. The van der Waals surface area contributed by atoms with Crippen LogP contribution < -0.4 is 0 Å². The highest BCUT2D eigenvalue weighted by Crippen LogP contribution is 2.40. The maximum Gasteiger partial charge on any atom is 0.255 e. The fourth-order valence-electron chi connectivity index (χ4n) is 4.71. The second-order valence-corrected chi connectivity index (χ2v) is 7.65. The lowest BCUT2D eigenvalue weighted by Crippen LogP contribution is -2.42. The molecular weight excluding hydrogens is 312 g/mol. The predicted octanol–water partition coefficient (Wildman–Crippen LogP) is 3.68. The van der Waals surface area contributed by atoms with E-state index in [4.69, 9.17) is 0 Å². The number of nitrogens with zero attached hydrogens (tertiary/aromatic N) is 4. The molecule has 1 saturated carbocycles. The lowest BCUT2D eigenvalue weighted by molar-refractivity contribution is 0.0633. The first-order chi connectivity index (χ1) is 12.0. The monoisotopic (exact) mass is 338 g/mol. The molecule has 2 aliphatic rings. The highest BCUT2D eigenvalue weighted by molar-refractivity contribution is 5.94. The molecule has 3 unspecified atom stereocenters. The van der Waals surface area contributed by atoms with Crippen molar-refractivity contribution in [1.29, 1.82) is 0 Å². The topological polar surface area (TPSA) is 51.0 Å². The van der Waals surface area contributed by atoms with E-state index in [1.165, 1.54) is 19.3 Å². The molecule has 1 aliphatic heterocycles. The maximum absolute atomic E-state index is 13.1. The molecule has 0 bridgehead atoms. The van der Waals surface area contributed by atoms with Gasteiger partial charge in [-0.3, -0.25) is 4.79 Å². The van der Waals surface area contributed by atoms with Gasteiger partial charge < -0.3 is 4.90 Å². The molecule has 0 spiro atoms. The summed E-state index contributed by atoms with van der Waals surface area (Å²) < 4.78 is 1.82. The van der Waals surface area contributed by atoms with Crippen LogP contribution in [0.2, 0.25) is 0 Å². The third-order valence-electron chi connectivity index (χ3n) is 5.80. The lowest BCUT2D eigenvalue weighted by Gasteiger charge is -2.33. The smallest absolute Gasteiger partial charge is 0.255 e. The number of likely N-dealkylation sites (tertiary alicyclic amines) is 1. The Bertz CT molecular complexity index is 779. The molecule has 5 heteroatoms. The van der Waals surface area contributed by atoms with Crippen molar-refractivity contribution in [3.8, 4) is 5.82 Å². The van der Waals surface area contributed by atoms with Crippen LogP contribution in [0.5, 0.6) is 0 Å². The van der Waals surface area contributed by atoms with Gasteiger partial charge in [0, 0.05) is 24.0 Å². The quantitative estimate of drug-likeness (QED) is 0.839. The molecule has 0 N–H and O–H groups in total. The fourth-order valence-corrected chi connectivity index (χ4v) is 4.71. The minimum absolute atomic E-state index is 0.134. The largest absolute Gasteiger partial charge is 0.333 e. The number of hydrogen-bond donors (Lipinski definition) is 0. The van der Waals surface area contributed by atoms with Gasteiger partial charge in [0.1, 0.15) is 0 Å². The van der Waals surface area contributed by atoms with Gasteiger partial charge in [0.25, 0.3) is 5.91 Å². The van der Waals surface area contributed by atoms with Gasteiger partial charge in [-0.2, -0.15) is 5.10 Å². The van der Waals surface area contributed by atoms with Gasteiger partial charge in [0.05, 0.1) is 11.3 Å². The number of pyridine rings is 1. The Labute approximate surface area is 149 Å². The fraction of sp³-hybridized carbons (Fsp3) is 0.550. The van der Waals surface area contributed by atoms with Gasteiger partial charge in [-0.1, -0.05) is 12.8 Å². The van der Waals surface area contributed by atoms with Crippen LogP contribution in [0.3, 0.4) is 0 Å². The average Bonchev–Trinajstić information content (AvgIpc) is 3.12. The number of fused-ring (bicyclic) bond motifs is 1. The Kier molecular flexibility index (Phi) is 4.10. The average molecular weight is 338 g/mol. The second-order valence-electron chi connectivity index (χ2n) is 7.65. The van der Waals surface area contributed by atoms with E-state index in [-0.39, 0.29) is 5.91 Å². The first kappa shape index (κ1) is 16.3. The number of aromatic nitrogens is 3. The summed E-state index contributed by atoms with van der Waals surface area (Å²) in [5.41, 5.74) is 2.69. The van der Waals surface area contributed by atoms with E-state index < -0.39 is 0 Å². The van der Waals surface area contributed by atoms with Crippen molar-refractivity contribution in [2.75, 3.05) is 0 Å². The van der Waals surface area contributed by atoms with E-state index in [9.17, 15) is 4.79 Å². The summed E-state index contributed by atoms with van der Waals surface area (Å²) in [5, 5.41) is 4.46. The van der Waals surface area contributed by atoms with Crippen LogP contribution in [0.4, 0.5) is 0 Å². The molecular formula is C20H26N4O. The van der Waals surface area contributed by atoms with Gasteiger partial charge >= 0.3 is 0 Å². The molecule has 2 aromatic rings. The van der Waals surface area contributed by atoms with Gasteiger partial charge in [-0.05, 0) is 64.2 Å². The molecule has 5 nitrogen and oxygen atoms in total. The summed E-state index contributed by atoms with van der Waals surface area (Å²) in [4.78, 5) is 19.7. The molecule has 25 heavy (non-hydrogen) atoms. The van der Waals surface area contributed by atoms with Crippen LogP contribution in [-0.2, 0) is 0 Å². The molecule has 2 aromatic heterocycles. The van der Waals surface area contributed by atoms with Crippen LogP contribution in [-0.4, -0.2) is 37.7 Å². The molecule has 132 valence electrons. The molecule has 3 atom stereocenters. The van der Waals surface area contributed by atoms with Crippen LogP contribution in [0.25, 0.3) is 5.82 Å². The van der Waals surface area contributed by atoms with Gasteiger partial charge in [0.15, 0.2) is 5.82 Å². The summed E-state index contributed by atoms with van der Waals surface area (Å²) in [6.45, 7) is 6.17. The minimum Gasteiger partial charge on any atom is -0.333 e. The van der Waals surface area contributed by atoms with Crippen molar-refractivity contribution in [2.24, 2.45) is 5.92 Å². The highest BCUT2D eigenvalue weighted by atomic mass is 16.2. The van der Waals surface area contributed by atoms with Crippen LogP contribution >= 0.6 is 0 Å². The normalized spacial score (nSPS) is 25.9. The van der Waals surface area contributed by atoms with Crippen LogP contribution in [0.15, 0.2) is 24.4 Å². The second kappa shape index (κ2) is 6.28. The Morgan fingerprint density at radius 3 is 2.68 bits per heavy atom. The number of rotatable bonds is 2. The summed E-state index contributed by atoms with van der Waals surface area (Å²) in [6.07, 6.45) is 7.83.